The Labute approximate surface area is 69.1 Å². The van der Waals surface area contributed by atoms with Crippen LogP contribution in [0.1, 0.15) is 0 Å². The van der Waals surface area contributed by atoms with E-state index in [0.29, 0.717) is 12.5 Å². The number of rotatable bonds is 2. The van der Waals surface area contributed by atoms with Crippen molar-refractivity contribution in [3.8, 4) is 5.88 Å². The standard InChI is InChI=1S/C8H7NO3/c10-8(6-5-11-6)12-7-3-1-2-4-9-7/h1-4,6H,5H2. The summed E-state index contributed by atoms with van der Waals surface area (Å²) in [5, 5.41) is 0. The Hall–Kier alpha value is -1.42. The molecule has 1 aromatic rings. The van der Waals surface area contributed by atoms with Crippen LogP contribution < -0.4 is 4.74 Å². The minimum absolute atomic E-state index is 0.318. The third kappa shape index (κ3) is 1.60. The van der Waals surface area contributed by atoms with Gasteiger partial charge in [0.2, 0.25) is 5.88 Å². The molecule has 1 unspecified atom stereocenters. The molecule has 1 aliphatic heterocycles. The molecule has 4 nitrogen and oxygen atoms in total. The van der Waals surface area contributed by atoms with Crippen molar-refractivity contribution >= 4 is 5.97 Å². The third-order valence-corrected chi connectivity index (χ3v) is 1.44. The number of pyridine rings is 1. The molecule has 2 heterocycles. The van der Waals surface area contributed by atoms with Crippen LogP contribution in [0.3, 0.4) is 0 Å². The number of aromatic nitrogens is 1. The molecule has 0 amide bonds. The van der Waals surface area contributed by atoms with E-state index in [9.17, 15) is 4.79 Å². The van der Waals surface area contributed by atoms with Gasteiger partial charge in [0.05, 0.1) is 6.61 Å². The molecule has 62 valence electrons. The Balaban J connectivity index is 1.98. The quantitative estimate of drug-likeness (QED) is 0.469. The van der Waals surface area contributed by atoms with Gasteiger partial charge in [-0.05, 0) is 6.07 Å². The zero-order chi connectivity index (χ0) is 8.39. The first-order chi connectivity index (χ1) is 5.86. The van der Waals surface area contributed by atoms with Crippen LogP contribution in [0.15, 0.2) is 24.4 Å². The largest absolute Gasteiger partial charge is 0.405 e. The number of carbonyl (C=O) groups excluding carboxylic acids is 1. The van der Waals surface area contributed by atoms with Crippen LogP contribution in [-0.2, 0) is 9.53 Å². The predicted molar refractivity (Wildman–Crippen MR) is 39.6 cm³/mol. The first kappa shape index (κ1) is 7.24. The van der Waals surface area contributed by atoms with Gasteiger partial charge in [-0.2, -0.15) is 0 Å². The molecular formula is C8H7NO3. The van der Waals surface area contributed by atoms with Gasteiger partial charge in [0.25, 0.3) is 0 Å². The van der Waals surface area contributed by atoms with Crippen LogP contribution in [0.2, 0.25) is 0 Å². The minimum atomic E-state index is -0.369. The van der Waals surface area contributed by atoms with Crippen molar-refractivity contribution < 1.29 is 14.3 Å². The summed E-state index contributed by atoms with van der Waals surface area (Å²) in [5.74, 6) is -0.0494. The molecule has 1 aliphatic rings. The number of epoxide rings is 1. The molecule has 0 aliphatic carbocycles. The van der Waals surface area contributed by atoms with Crippen LogP contribution in [0.4, 0.5) is 0 Å². The number of hydrogen-bond donors (Lipinski definition) is 0. The molecule has 1 saturated heterocycles. The van der Waals surface area contributed by atoms with Crippen LogP contribution >= 0.6 is 0 Å². The topological polar surface area (TPSA) is 51.7 Å². The maximum Gasteiger partial charge on any atom is 0.344 e. The maximum absolute atomic E-state index is 11.0. The molecule has 12 heavy (non-hydrogen) atoms. The average molecular weight is 165 g/mol. The normalized spacial score (nSPS) is 20.2. The molecule has 0 radical (unpaired) electrons. The first-order valence-electron chi connectivity index (χ1n) is 3.60. The number of hydrogen-bond acceptors (Lipinski definition) is 4. The van der Waals surface area contributed by atoms with Gasteiger partial charge in [-0.25, -0.2) is 9.78 Å². The van der Waals surface area contributed by atoms with E-state index in [0.717, 1.165) is 0 Å². The second-order valence-electron chi connectivity index (χ2n) is 2.41. The molecule has 1 fully saturated rings. The maximum atomic E-state index is 11.0. The van der Waals surface area contributed by atoms with E-state index in [2.05, 4.69) is 4.98 Å². The van der Waals surface area contributed by atoms with Gasteiger partial charge in [0, 0.05) is 12.3 Å². The zero-order valence-corrected chi connectivity index (χ0v) is 6.27. The van der Waals surface area contributed by atoms with Crippen LogP contribution in [-0.4, -0.2) is 23.7 Å². The lowest BCUT2D eigenvalue weighted by Crippen LogP contribution is -2.15. The van der Waals surface area contributed by atoms with E-state index >= 15 is 0 Å². The summed E-state index contributed by atoms with van der Waals surface area (Å²) in [6.07, 6.45) is 1.20. The van der Waals surface area contributed by atoms with Crippen molar-refractivity contribution in [2.24, 2.45) is 0 Å². The minimum Gasteiger partial charge on any atom is -0.405 e. The van der Waals surface area contributed by atoms with Crippen molar-refractivity contribution in [1.29, 1.82) is 0 Å². The highest BCUT2D eigenvalue weighted by molar-refractivity contribution is 5.78. The molecule has 0 aromatic carbocycles. The van der Waals surface area contributed by atoms with E-state index in [1.807, 2.05) is 0 Å². The van der Waals surface area contributed by atoms with Gasteiger partial charge < -0.3 is 9.47 Å². The van der Waals surface area contributed by atoms with Crippen molar-refractivity contribution in [3.63, 3.8) is 0 Å². The lowest BCUT2D eigenvalue weighted by atomic mass is 10.5. The van der Waals surface area contributed by atoms with Gasteiger partial charge in [-0.1, -0.05) is 6.07 Å². The van der Waals surface area contributed by atoms with Gasteiger partial charge >= 0.3 is 5.97 Å². The van der Waals surface area contributed by atoms with Gasteiger partial charge in [-0.15, -0.1) is 0 Å². The van der Waals surface area contributed by atoms with E-state index in [1.165, 1.54) is 0 Å². The smallest absolute Gasteiger partial charge is 0.344 e. The second kappa shape index (κ2) is 2.91. The predicted octanol–water partition coefficient (Wildman–Crippen LogP) is 0.386. The van der Waals surface area contributed by atoms with Crippen molar-refractivity contribution in [2.75, 3.05) is 6.61 Å². The van der Waals surface area contributed by atoms with Crippen LogP contribution in [0.5, 0.6) is 5.88 Å². The van der Waals surface area contributed by atoms with Gasteiger partial charge in [0.1, 0.15) is 0 Å². The second-order valence-corrected chi connectivity index (χ2v) is 2.41. The fourth-order valence-electron chi connectivity index (χ4n) is 0.760. The summed E-state index contributed by atoms with van der Waals surface area (Å²) in [5.41, 5.74) is 0. The Kier molecular flexibility index (Phi) is 1.75. The highest BCUT2D eigenvalue weighted by Crippen LogP contribution is 2.13. The molecule has 0 bridgehead atoms. The van der Waals surface area contributed by atoms with E-state index in [-0.39, 0.29) is 12.1 Å². The van der Waals surface area contributed by atoms with E-state index in [1.54, 1.807) is 24.4 Å². The highest BCUT2D eigenvalue weighted by Gasteiger charge is 2.33. The lowest BCUT2D eigenvalue weighted by Gasteiger charge is -1.98. The highest BCUT2D eigenvalue weighted by atomic mass is 16.6. The van der Waals surface area contributed by atoms with Crippen molar-refractivity contribution in [2.45, 2.75) is 6.10 Å². The molecule has 0 N–H and O–H groups in total. The number of nitrogens with zero attached hydrogens (tertiary/aromatic N) is 1. The van der Waals surface area contributed by atoms with Crippen molar-refractivity contribution in [1.82, 2.24) is 4.98 Å². The van der Waals surface area contributed by atoms with Crippen LogP contribution in [0, 0.1) is 0 Å². The lowest BCUT2D eigenvalue weighted by molar-refractivity contribution is -0.136. The first-order valence-corrected chi connectivity index (χ1v) is 3.60. The van der Waals surface area contributed by atoms with Crippen LogP contribution in [0.25, 0.3) is 0 Å². The number of carbonyl (C=O) groups is 1. The summed E-state index contributed by atoms with van der Waals surface area (Å²) in [7, 11) is 0. The third-order valence-electron chi connectivity index (χ3n) is 1.44. The Bertz CT molecular complexity index is 282. The van der Waals surface area contributed by atoms with Gasteiger partial charge in [0.15, 0.2) is 6.10 Å². The Morgan fingerprint density at radius 3 is 3.08 bits per heavy atom. The fourth-order valence-corrected chi connectivity index (χ4v) is 0.760. The Morgan fingerprint density at radius 2 is 2.50 bits per heavy atom. The summed E-state index contributed by atoms with van der Waals surface area (Å²) in [6, 6.07) is 5.13. The fraction of sp³-hybridized carbons (Fsp3) is 0.250. The zero-order valence-electron chi connectivity index (χ0n) is 6.27. The SMILES string of the molecule is O=C(Oc1ccccn1)C1CO1. The average Bonchev–Trinajstić information content (AvgIpc) is 2.88. The van der Waals surface area contributed by atoms with E-state index < -0.39 is 0 Å². The molecule has 2 rings (SSSR count). The molecule has 1 aromatic heterocycles. The summed E-state index contributed by atoms with van der Waals surface area (Å²) >= 11 is 0. The molecule has 0 spiro atoms. The summed E-state index contributed by atoms with van der Waals surface area (Å²) in [4.78, 5) is 14.8. The summed E-state index contributed by atoms with van der Waals surface area (Å²) in [6.45, 7) is 0.464. The molecule has 1 atom stereocenters. The number of esters is 1. The monoisotopic (exact) mass is 165 g/mol. The molecular weight excluding hydrogens is 158 g/mol. The summed E-state index contributed by atoms with van der Waals surface area (Å²) < 4.78 is 9.60. The number of ether oxygens (including phenoxy) is 2. The molecule has 0 saturated carbocycles. The van der Waals surface area contributed by atoms with Crippen molar-refractivity contribution in [3.05, 3.63) is 24.4 Å². The van der Waals surface area contributed by atoms with E-state index in [4.69, 9.17) is 9.47 Å². The molecule has 4 heteroatoms. The Morgan fingerprint density at radius 1 is 1.67 bits per heavy atom. The van der Waals surface area contributed by atoms with Gasteiger partial charge in [-0.3, -0.25) is 0 Å².